The van der Waals surface area contributed by atoms with Gasteiger partial charge < -0.3 is 9.64 Å². The third-order valence-corrected chi connectivity index (χ3v) is 7.93. The summed E-state index contributed by atoms with van der Waals surface area (Å²) in [4.78, 5) is 21.1. The normalized spacial score (nSPS) is 17.5. The van der Waals surface area contributed by atoms with Crippen molar-refractivity contribution in [1.29, 1.82) is 0 Å². The highest BCUT2D eigenvalue weighted by Crippen LogP contribution is 2.39. The number of carbonyl (C=O) groups excluding carboxylic acids is 1. The van der Waals surface area contributed by atoms with Crippen molar-refractivity contribution in [3.63, 3.8) is 0 Å². The van der Waals surface area contributed by atoms with E-state index in [1.807, 2.05) is 14.0 Å². The molecule has 212 valence electrons. The number of rotatable bonds is 8. The lowest BCUT2D eigenvalue weighted by Gasteiger charge is -2.34. The van der Waals surface area contributed by atoms with E-state index < -0.39 is 18.2 Å². The maximum atomic E-state index is 13.4. The Hall–Kier alpha value is -3.22. The molecule has 1 aliphatic rings. The van der Waals surface area contributed by atoms with E-state index in [0.717, 1.165) is 37.4 Å². The summed E-state index contributed by atoms with van der Waals surface area (Å²) in [5, 5.41) is 8.49. The van der Waals surface area contributed by atoms with Crippen LogP contribution in [0.2, 0.25) is 0 Å². The summed E-state index contributed by atoms with van der Waals surface area (Å²) in [6.07, 6.45) is -0.212. The molecule has 4 rings (SSSR count). The van der Waals surface area contributed by atoms with E-state index in [-0.39, 0.29) is 17.3 Å². The molecule has 0 bridgehead atoms. The van der Waals surface area contributed by atoms with Crippen LogP contribution in [0.25, 0.3) is 5.82 Å². The number of carbonyl (C=O) groups is 1. The van der Waals surface area contributed by atoms with Gasteiger partial charge in [-0.15, -0.1) is 5.10 Å². The van der Waals surface area contributed by atoms with Crippen LogP contribution in [-0.2, 0) is 7.05 Å². The molecule has 1 amide bonds. The van der Waals surface area contributed by atoms with Crippen molar-refractivity contribution in [3.8, 4) is 11.7 Å². The zero-order chi connectivity index (χ0) is 28.8. The Balaban J connectivity index is 1.61. The summed E-state index contributed by atoms with van der Waals surface area (Å²) in [5.74, 6) is 1.08. The highest BCUT2D eigenvalue weighted by molar-refractivity contribution is 7.98. The zero-order valence-corrected chi connectivity index (χ0v) is 23.9. The monoisotopic (exact) mass is 565 g/mol. The van der Waals surface area contributed by atoms with E-state index in [0.29, 0.717) is 23.1 Å². The van der Waals surface area contributed by atoms with Gasteiger partial charge in [0.15, 0.2) is 5.82 Å². The first kappa shape index (κ1) is 28.8. The number of pyridine rings is 1. The van der Waals surface area contributed by atoms with Gasteiger partial charge in [-0.2, -0.15) is 18.3 Å². The van der Waals surface area contributed by atoms with Gasteiger partial charge in [0.2, 0.25) is 5.88 Å². The molecule has 4 heterocycles. The lowest BCUT2D eigenvalue weighted by molar-refractivity contribution is -0.219. The molecule has 1 saturated heterocycles. The number of halogens is 3. The molecule has 3 aromatic heterocycles. The van der Waals surface area contributed by atoms with Crippen LogP contribution in [0.3, 0.4) is 0 Å². The van der Waals surface area contributed by atoms with Crippen LogP contribution >= 0.6 is 11.9 Å². The van der Waals surface area contributed by atoms with Crippen LogP contribution in [0.4, 0.5) is 19.0 Å². The molecule has 1 N–H and O–H groups in total. The van der Waals surface area contributed by atoms with Gasteiger partial charge in [-0.25, -0.2) is 9.67 Å². The van der Waals surface area contributed by atoms with Crippen molar-refractivity contribution in [2.75, 3.05) is 18.1 Å². The summed E-state index contributed by atoms with van der Waals surface area (Å²) in [6.45, 7) is 10.6. The minimum atomic E-state index is -4.41. The van der Waals surface area contributed by atoms with E-state index in [1.54, 1.807) is 29.2 Å². The van der Waals surface area contributed by atoms with Gasteiger partial charge in [-0.1, -0.05) is 6.92 Å². The Morgan fingerprint density at radius 3 is 2.56 bits per heavy atom. The summed E-state index contributed by atoms with van der Waals surface area (Å²) in [5.41, 5.74) is -0.930. The molecule has 1 atom stereocenters. The SMILES string of the molecule is Cc1c(SNC(=O)c2ccc(-n3ccc(OCC(C)(C)C(F)(F)F)n3)nc2N2CC(C)CC2(C)C)cnn1C. The highest BCUT2D eigenvalue weighted by Gasteiger charge is 2.48. The second-order valence-corrected chi connectivity index (χ2v) is 12.1. The number of nitrogens with one attached hydrogen (secondary N) is 1. The Labute approximate surface area is 230 Å². The minimum absolute atomic E-state index is 0.0517. The van der Waals surface area contributed by atoms with Crippen molar-refractivity contribution in [1.82, 2.24) is 29.3 Å². The number of nitrogens with zero attached hydrogens (tertiary/aromatic N) is 6. The fraction of sp³-hybridized carbons (Fsp3) is 0.538. The van der Waals surface area contributed by atoms with E-state index in [4.69, 9.17) is 9.72 Å². The number of aromatic nitrogens is 5. The van der Waals surface area contributed by atoms with Crippen LogP contribution in [0.1, 0.15) is 57.1 Å². The smallest absolute Gasteiger partial charge is 0.397 e. The highest BCUT2D eigenvalue weighted by atomic mass is 32.2. The van der Waals surface area contributed by atoms with Gasteiger partial charge in [0.05, 0.1) is 27.8 Å². The molecule has 9 nitrogen and oxygen atoms in total. The van der Waals surface area contributed by atoms with Crippen molar-refractivity contribution >= 4 is 23.7 Å². The van der Waals surface area contributed by atoms with Crippen molar-refractivity contribution < 1.29 is 22.7 Å². The molecule has 1 fully saturated rings. The molecule has 3 aromatic rings. The van der Waals surface area contributed by atoms with Gasteiger partial charge in [0, 0.05) is 31.4 Å². The molecule has 0 spiro atoms. The van der Waals surface area contributed by atoms with E-state index in [9.17, 15) is 18.0 Å². The van der Waals surface area contributed by atoms with Crippen LogP contribution in [0.5, 0.6) is 5.88 Å². The van der Waals surface area contributed by atoms with Gasteiger partial charge in [0.1, 0.15) is 12.4 Å². The van der Waals surface area contributed by atoms with Crippen LogP contribution in [0, 0.1) is 18.3 Å². The summed E-state index contributed by atoms with van der Waals surface area (Å²) in [6, 6.07) is 4.84. The molecular formula is C26H34F3N7O2S. The maximum Gasteiger partial charge on any atom is 0.397 e. The summed E-state index contributed by atoms with van der Waals surface area (Å²) >= 11 is 1.19. The lowest BCUT2D eigenvalue weighted by Crippen LogP contribution is -2.40. The molecule has 0 aliphatic carbocycles. The average Bonchev–Trinajstić information content (AvgIpc) is 3.52. The van der Waals surface area contributed by atoms with Gasteiger partial charge >= 0.3 is 6.18 Å². The number of aryl methyl sites for hydroxylation is 1. The van der Waals surface area contributed by atoms with Gasteiger partial charge in [-0.05, 0) is 71.0 Å². The minimum Gasteiger partial charge on any atom is -0.476 e. The third kappa shape index (κ3) is 6.02. The summed E-state index contributed by atoms with van der Waals surface area (Å²) < 4.78 is 51.0. The molecule has 13 heteroatoms. The second kappa shape index (κ2) is 10.4. The van der Waals surface area contributed by atoms with Crippen LogP contribution in [-0.4, -0.2) is 55.3 Å². The molecular weight excluding hydrogens is 531 g/mol. The predicted octanol–water partition coefficient (Wildman–Crippen LogP) is 5.34. The number of alkyl halides is 3. The molecule has 0 radical (unpaired) electrons. The number of anilines is 1. The van der Waals surface area contributed by atoms with Crippen LogP contribution < -0.4 is 14.4 Å². The number of amides is 1. The Morgan fingerprint density at radius 1 is 1.26 bits per heavy atom. The first-order valence-electron chi connectivity index (χ1n) is 12.6. The van der Waals surface area contributed by atoms with Crippen LogP contribution in [0.15, 0.2) is 35.5 Å². The Kier molecular flexibility index (Phi) is 7.67. The lowest BCUT2D eigenvalue weighted by atomic mass is 9.94. The van der Waals surface area contributed by atoms with E-state index >= 15 is 0 Å². The summed E-state index contributed by atoms with van der Waals surface area (Å²) in [7, 11) is 1.83. The fourth-order valence-electron chi connectivity index (χ4n) is 4.49. The standard InChI is InChI=1S/C26H34F3N7O2S/c1-16-12-25(5,6)35(14-16)22-18(23(37)33-39-19-13-30-34(7)17(19)2)8-9-20(31-22)36-11-10-21(32-36)38-15-24(3,4)26(27,28)29/h8-11,13,16H,12,14-15H2,1-7H3,(H,33,37). The molecule has 39 heavy (non-hydrogen) atoms. The molecule has 1 unspecified atom stereocenters. The van der Waals surface area contributed by atoms with Crippen molar-refractivity contribution in [3.05, 3.63) is 41.9 Å². The Bertz CT molecular complexity index is 1350. The van der Waals surface area contributed by atoms with Gasteiger partial charge in [-0.3, -0.25) is 14.2 Å². The van der Waals surface area contributed by atoms with Crippen molar-refractivity contribution in [2.24, 2.45) is 18.4 Å². The Morgan fingerprint density at radius 2 is 1.97 bits per heavy atom. The number of hydrogen-bond acceptors (Lipinski definition) is 7. The number of hydrogen-bond donors (Lipinski definition) is 1. The zero-order valence-electron chi connectivity index (χ0n) is 23.1. The molecule has 0 aromatic carbocycles. The first-order valence-corrected chi connectivity index (χ1v) is 13.4. The average molecular weight is 566 g/mol. The molecule has 0 saturated carbocycles. The third-order valence-electron chi connectivity index (χ3n) is 7.03. The molecule has 1 aliphatic heterocycles. The quantitative estimate of drug-likeness (QED) is 0.369. The second-order valence-electron chi connectivity index (χ2n) is 11.3. The number of ether oxygens (including phenoxy) is 1. The predicted molar refractivity (Wildman–Crippen MR) is 143 cm³/mol. The largest absolute Gasteiger partial charge is 0.476 e. The van der Waals surface area contributed by atoms with Crippen molar-refractivity contribution in [2.45, 2.75) is 64.6 Å². The first-order chi connectivity index (χ1) is 18.1. The van der Waals surface area contributed by atoms with E-state index in [1.165, 1.54) is 22.7 Å². The fourth-order valence-corrected chi connectivity index (χ4v) is 5.18. The maximum absolute atomic E-state index is 13.4. The van der Waals surface area contributed by atoms with E-state index in [2.05, 4.69) is 40.6 Å². The van der Waals surface area contributed by atoms with Gasteiger partial charge in [0.25, 0.3) is 5.91 Å². The topological polar surface area (TPSA) is 90.1 Å².